The zero-order chi connectivity index (χ0) is 26.5. The van der Waals surface area contributed by atoms with Gasteiger partial charge in [0.15, 0.2) is 5.69 Å². The van der Waals surface area contributed by atoms with Crippen molar-refractivity contribution in [1.29, 1.82) is 0 Å². The third-order valence-electron chi connectivity index (χ3n) is 5.58. The number of carbonyl (C=O) groups is 1. The molecule has 0 bridgehead atoms. The van der Waals surface area contributed by atoms with Gasteiger partial charge in [-0.3, -0.25) is 4.79 Å². The molecule has 0 unspecified atom stereocenters. The van der Waals surface area contributed by atoms with Crippen LogP contribution in [0.5, 0.6) is 5.75 Å². The number of anilines is 1. The molecule has 5 aromatic rings. The van der Waals surface area contributed by atoms with Crippen molar-refractivity contribution in [3.63, 3.8) is 0 Å². The van der Waals surface area contributed by atoms with Crippen molar-refractivity contribution in [3.8, 4) is 22.8 Å². The summed E-state index contributed by atoms with van der Waals surface area (Å²) in [4.78, 5) is 13.1. The van der Waals surface area contributed by atoms with Crippen molar-refractivity contribution in [2.24, 2.45) is 5.10 Å². The summed E-state index contributed by atoms with van der Waals surface area (Å²) in [6.07, 6.45) is 0. The number of carbonyl (C=O) groups excluding carboxylic acids is 1. The first-order valence-electron chi connectivity index (χ1n) is 11.4. The highest BCUT2D eigenvalue weighted by Gasteiger charge is 2.25. The highest BCUT2D eigenvalue weighted by molar-refractivity contribution is 6.31. The first-order valence-corrected chi connectivity index (χ1v) is 11.8. The van der Waals surface area contributed by atoms with Crippen LogP contribution in [0.15, 0.2) is 88.6 Å². The summed E-state index contributed by atoms with van der Waals surface area (Å²) in [6, 6.07) is 24.0. The second-order valence-corrected chi connectivity index (χ2v) is 8.49. The van der Waals surface area contributed by atoms with Gasteiger partial charge in [-0.25, -0.2) is 10.1 Å². The molecule has 5 rings (SSSR count). The van der Waals surface area contributed by atoms with Gasteiger partial charge in [-0.05, 0) is 53.1 Å². The van der Waals surface area contributed by atoms with E-state index in [4.69, 9.17) is 22.1 Å². The van der Waals surface area contributed by atoms with Crippen molar-refractivity contribution in [2.75, 3.05) is 5.73 Å². The van der Waals surface area contributed by atoms with E-state index in [1.165, 1.54) is 4.68 Å². The van der Waals surface area contributed by atoms with E-state index in [1.54, 1.807) is 19.1 Å². The fraction of sp³-hybridized carbons (Fsp3) is 0.0769. The molecule has 0 saturated heterocycles. The number of amides is 1. The van der Waals surface area contributed by atoms with Gasteiger partial charge >= 0.3 is 0 Å². The molecule has 11 nitrogen and oxygen atoms in total. The molecule has 0 aliphatic rings. The Hall–Kier alpha value is -5.03. The Labute approximate surface area is 221 Å². The van der Waals surface area contributed by atoms with E-state index in [-0.39, 0.29) is 17.3 Å². The monoisotopic (exact) mass is 528 g/mol. The molecule has 2 aromatic heterocycles. The Morgan fingerprint density at radius 2 is 1.79 bits per heavy atom. The lowest BCUT2D eigenvalue weighted by atomic mass is 10.1. The van der Waals surface area contributed by atoms with Crippen molar-refractivity contribution >= 4 is 29.0 Å². The number of benzene rings is 3. The Kier molecular flexibility index (Phi) is 7.09. The number of hydrazone groups is 1. The average Bonchev–Trinajstić information content (AvgIpc) is 3.58. The number of ether oxygens (including phenoxy) is 1. The van der Waals surface area contributed by atoms with Crippen LogP contribution < -0.4 is 15.9 Å². The van der Waals surface area contributed by atoms with Gasteiger partial charge in [0.05, 0.1) is 5.71 Å². The highest BCUT2D eigenvalue weighted by Crippen LogP contribution is 2.26. The maximum absolute atomic E-state index is 13.1. The van der Waals surface area contributed by atoms with Gasteiger partial charge in [0, 0.05) is 16.1 Å². The number of rotatable bonds is 8. The zero-order valence-corrected chi connectivity index (χ0v) is 20.8. The van der Waals surface area contributed by atoms with Gasteiger partial charge in [-0.1, -0.05) is 65.3 Å². The standard InChI is InChI=1S/C26H21ClN8O3/c1-16(17-11-13-20(14-12-17)37-15-19-9-5-6-10-21(19)27)29-31-26(36)22-23(18-7-3-2-4-8-18)35(34-30-22)25-24(28)32-38-33-25/h2-14H,15H2,1H3,(H2,28,32)(H,31,36)/b29-16-. The number of nitrogens with one attached hydrogen (secondary N) is 1. The Balaban J connectivity index is 1.32. The maximum Gasteiger partial charge on any atom is 0.294 e. The molecule has 0 saturated carbocycles. The van der Waals surface area contributed by atoms with Crippen molar-refractivity contribution in [3.05, 3.63) is 101 Å². The topological polar surface area (TPSA) is 146 Å². The minimum Gasteiger partial charge on any atom is -0.489 e. The molecule has 0 aliphatic carbocycles. The molecular weight excluding hydrogens is 508 g/mol. The third-order valence-corrected chi connectivity index (χ3v) is 5.95. The Morgan fingerprint density at radius 3 is 2.50 bits per heavy atom. The lowest BCUT2D eigenvalue weighted by Crippen LogP contribution is -2.21. The average molecular weight is 529 g/mol. The molecule has 3 aromatic carbocycles. The number of nitrogen functional groups attached to an aromatic ring is 1. The number of nitrogens with zero attached hydrogens (tertiary/aromatic N) is 6. The Bertz CT molecular complexity index is 1600. The summed E-state index contributed by atoms with van der Waals surface area (Å²) in [5.74, 6) is 0.236. The lowest BCUT2D eigenvalue weighted by molar-refractivity contribution is 0.0950. The van der Waals surface area contributed by atoms with E-state index in [0.29, 0.717) is 34.3 Å². The van der Waals surface area contributed by atoms with Gasteiger partial charge in [0.25, 0.3) is 5.91 Å². The number of nitrogens with two attached hydrogens (primary N) is 1. The van der Waals surface area contributed by atoms with Crippen LogP contribution in [0.25, 0.3) is 17.1 Å². The summed E-state index contributed by atoms with van der Waals surface area (Å²) in [6.45, 7) is 2.12. The molecule has 0 spiro atoms. The van der Waals surface area contributed by atoms with Crippen LogP contribution in [0.2, 0.25) is 5.02 Å². The second kappa shape index (κ2) is 10.9. The summed E-state index contributed by atoms with van der Waals surface area (Å²) >= 11 is 6.18. The van der Waals surface area contributed by atoms with E-state index >= 15 is 0 Å². The van der Waals surface area contributed by atoms with Crippen LogP contribution in [0.3, 0.4) is 0 Å². The van der Waals surface area contributed by atoms with Crippen LogP contribution in [0.4, 0.5) is 5.82 Å². The van der Waals surface area contributed by atoms with E-state index in [2.05, 4.69) is 35.8 Å². The largest absolute Gasteiger partial charge is 0.489 e. The van der Waals surface area contributed by atoms with Gasteiger partial charge in [-0.2, -0.15) is 9.78 Å². The predicted octanol–water partition coefficient (Wildman–Crippen LogP) is 4.29. The molecular formula is C26H21ClN8O3. The molecule has 2 heterocycles. The molecule has 0 atom stereocenters. The van der Waals surface area contributed by atoms with E-state index in [1.807, 2.05) is 66.7 Å². The lowest BCUT2D eigenvalue weighted by Gasteiger charge is -2.09. The minimum absolute atomic E-state index is 0.00666. The molecule has 1 amide bonds. The summed E-state index contributed by atoms with van der Waals surface area (Å²) in [5.41, 5.74) is 11.7. The van der Waals surface area contributed by atoms with Crippen LogP contribution in [0.1, 0.15) is 28.5 Å². The molecule has 0 radical (unpaired) electrons. The van der Waals surface area contributed by atoms with E-state index in [9.17, 15) is 4.79 Å². The van der Waals surface area contributed by atoms with Crippen LogP contribution >= 0.6 is 11.6 Å². The Morgan fingerprint density at radius 1 is 1.05 bits per heavy atom. The molecule has 190 valence electrons. The normalized spacial score (nSPS) is 11.4. The van der Waals surface area contributed by atoms with Crippen molar-refractivity contribution in [2.45, 2.75) is 13.5 Å². The molecule has 38 heavy (non-hydrogen) atoms. The summed E-state index contributed by atoms with van der Waals surface area (Å²) in [7, 11) is 0. The first-order chi connectivity index (χ1) is 18.5. The fourth-order valence-corrected chi connectivity index (χ4v) is 3.79. The third kappa shape index (κ3) is 5.22. The predicted molar refractivity (Wildman–Crippen MR) is 141 cm³/mol. The van der Waals surface area contributed by atoms with Gasteiger partial charge in [0.1, 0.15) is 18.1 Å². The second-order valence-electron chi connectivity index (χ2n) is 8.08. The smallest absolute Gasteiger partial charge is 0.294 e. The SMILES string of the molecule is C/C(=N/NC(=O)c1nnn(-c2nonc2N)c1-c1ccccc1)c1ccc(OCc2ccccc2Cl)cc1. The van der Waals surface area contributed by atoms with E-state index in [0.717, 1.165) is 11.1 Å². The fourth-order valence-electron chi connectivity index (χ4n) is 3.60. The molecule has 0 aliphatic heterocycles. The minimum atomic E-state index is -0.566. The first kappa shape index (κ1) is 24.7. The summed E-state index contributed by atoms with van der Waals surface area (Å²) < 4.78 is 11.8. The van der Waals surface area contributed by atoms with Gasteiger partial charge in [-0.15, -0.1) is 5.10 Å². The zero-order valence-electron chi connectivity index (χ0n) is 20.1. The molecule has 12 heteroatoms. The van der Waals surface area contributed by atoms with E-state index < -0.39 is 5.91 Å². The molecule has 0 fully saturated rings. The van der Waals surface area contributed by atoms with Crippen LogP contribution in [-0.4, -0.2) is 36.9 Å². The van der Waals surface area contributed by atoms with Crippen LogP contribution in [-0.2, 0) is 6.61 Å². The summed E-state index contributed by atoms with van der Waals surface area (Å²) in [5, 5.41) is 20.3. The van der Waals surface area contributed by atoms with Gasteiger partial charge in [0.2, 0.25) is 11.6 Å². The van der Waals surface area contributed by atoms with Crippen molar-refractivity contribution < 1.29 is 14.2 Å². The van der Waals surface area contributed by atoms with Gasteiger partial charge < -0.3 is 10.5 Å². The number of hydrogen-bond donors (Lipinski definition) is 2. The number of hydrogen-bond acceptors (Lipinski definition) is 9. The van der Waals surface area contributed by atoms with Crippen LogP contribution in [0, 0.1) is 0 Å². The highest BCUT2D eigenvalue weighted by atomic mass is 35.5. The number of halogens is 1. The number of aromatic nitrogens is 5. The maximum atomic E-state index is 13.1. The van der Waals surface area contributed by atoms with Crippen molar-refractivity contribution in [1.82, 2.24) is 30.7 Å². The molecule has 3 N–H and O–H groups in total. The quantitative estimate of drug-likeness (QED) is 0.224.